The van der Waals surface area contributed by atoms with Crippen LogP contribution in [0.1, 0.15) is 29.5 Å². The Morgan fingerprint density at radius 1 is 0.943 bits per heavy atom. The van der Waals surface area contributed by atoms with E-state index in [4.69, 9.17) is 9.47 Å². The van der Waals surface area contributed by atoms with E-state index in [1.165, 1.54) is 6.07 Å². The maximum atomic E-state index is 15.2. The van der Waals surface area contributed by atoms with Gasteiger partial charge >= 0.3 is 12.1 Å². The summed E-state index contributed by atoms with van der Waals surface area (Å²) >= 11 is 0. The molecule has 1 heterocycles. The third-order valence-corrected chi connectivity index (χ3v) is 6.09. The zero-order chi connectivity index (χ0) is 24.6. The summed E-state index contributed by atoms with van der Waals surface area (Å²) in [4.78, 5) is 27.0. The number of amides is 1. The van der Waals surface area contributed by atoms with Crippen LogP contribution in [0, 0.1) is 11.7 Å². The Morgan fingerprint density at radius 2 is 1.63 bits per heavy atom. The summed E-state index contributed by atoms with van der Waals surface area (Å²) in [7, 11) is 0. The van der Waals surface area contributed by atoms with Crippen LogP contribution in [0.4, 0.5) is 14.9 Å². The lowest BCUT2D eigenvalue weighted by molar-refractivity contribution is -0.148. The molecule has 1 aliphatic rings. The van der Waals surface area contributed by atoms with Crippen LogP contribution < -0.4 is 5.32 Å². The van der Waals surface area contributed by atoms with Crippen molar-refractivity contribution in [2.24, 2.45) is 5.92 Å². The number of nitrogens with one attached hydrogen (secondary N) is 1. The van der Waals surface area contributed by atoms with Crippen molar-refractivity contribution >= 4 is 17.7 Å². The Morgan fingerprint density at radius 3 is 2.29 bits per heavy atom. The third kappa shape index (κ3) is 6.45. The highest BCUT2D eigenvalue weighted by atomic mass is 19.1. The Hall–Kier alpha value is -3.71. The fourth-order valence-corrected chi connectivity index (χ4v) is 4.44. The van der Waals surface area contributed by atoms with Crippen LogP contribution in [0.2, 0.25) is 0 Å². The Bertz CT molecular complexity index is 1140. The van der Waals surface area contributed by atoms with Gasteiger partial charge in [0.25, 0.3) is 0 Å². The molecule has 6 nitrogen and oxygen atoms in total. The number of likely N-dealkylation sites (tertiary alicyclic amines) is 1. The number of halogens is 1. The molecule has 0 aromatic heterocycles. The summed E-state index contributed by atoms with van der Waals surface area (Å²) < 4.78 is 25.7. The molecule has 0 aliphatic carbocycles. The molecule has 1 fully saturated rings. The molecular weight excluding hydrogens is 447 g/mol. The molecule has 1 aliphatic heterocycles. The largest absolute Gasteiger partial charge is 0.466 e. The smallest absolute Gasteiger partial charge is 0.411 e. The molecule has 4 rings (SSSR count). The van der Waals surface area contributed by atoms with Gasteiger partial charge in [-0.05, 0) is 35.7 Å². The first-order valence-electron chi connectivity index (χ1n) is 11.7. The highest BCUT2D eigenvalue weighted by Crippen LogP contribution is 2.36. The second-order valence-corrected chi connectivity index (χ2v) is 8.57. The standard InChI is InChI=1S/C28H29FN2O4/c1-2-34-27(32)25-18-31(16-20-9-5-3-6-10-20)17-24(25)23-14-13-22(15-26(23)29)30-28(33)35-19-21-11-7-4-8-12-21/h3-15,24-25H,2,16-19H2,1H3,(H,30,33)/t24-,25+/m0/s1. The number of rotatable bonds is 8. The number of benzene rings is 3. The van der Waals surface area contributed by atoms with Gasteiger partial charge in [0.15, 0.2) is 0 Å². The molecule has 2 atom stereocenters. The van der Waals surface area contributed by atoms with Crippen LogP contribution in [-0.2, 0) is 27.4 Å². The Labute approximate surface area is 204 Å². The first-order chi connectivity index (χ1) is 17.0. The predicted octanol–water partition coefficient (Wildman–Crippen LogP) is 5.35. The molecule has 0 radical (unpaired) electrons. The number of carbonyl (C=O) groups excluding carboxylic acids is 2. The van der Waals surface area contributed by atoms with Crippen molar-refractivity contribution in [2.45, 2.75) is 26.0 Å². The lowest BCUT2D eigenvalue weighted by atomic mass is 9.88. The van der Waals surface area contributed by atoms with Gasteiger partial charge < -0.3 is 9.47 Å². The fourth-order valence-electron chi connectivity index (χ4n) is 4.44. The van der Waals surface area contributed by atoms with Crippen LogP contribution in [0.5, 0.6) is 0 Å². The van der Waals surface area contributed by atoms with E-state index < -0.39 is 17.8 Å². The molecule has 3 aromatic rings. The van der Waals surface area contributed by atoms with Crippen LogP contribution >= 0.6 is 0 Å². The molecule has 182 valence electrons. The minimum atomic E-state index is -0.666. The van der Waals surface area contributed by atoms with Crippen molar-refractivity contribution in [3.63, 3.8) is 0 Å². The molecule has 0 spiro atoms. The quantitative estimate of drug-likeness (QED) is 0.444. The van der Waals surface area contributed by atoms with E-state index >= 15 is 4.39 Å². The normalized spacial score (nSPS) is 17.7. The van der Waals surface area contributed by atoms with Gasteiger partial charge in [0, 0.05) is 31.2 Å². The number of carbonyl (C=O) groups is 2. The highest BCUT2D eigenvalue weighted by molar-refractivity contribution is 5.84. The summed E-state index contributed by atoms with van der Waals surface area (Å²) in [5.41, 5.74) is 2.71. The summed E-state index contributed by atoms with van der Waals surface area (Å²) in [5.74, 6) is -1.62. The summed E-state index contributed by atoms with van der Waals surface area (Å²) in [6.07, 6.45) is -0.666. The van der Waals surface area contributed by atoms with Gasteiger partial charge in [-0.3, -0.25) is 15.0 Å². The monoisotopic (exact) mass is 476 g/mol. The van der Waals surface area contributed by atoms with E-state index in [-0.39, 0.29) is 30.8 Å². The van der Waals surface area contributed by atoms with E-state index in [0.29, 0.717) is 25.2 Å². The molecule has 1 N–H and O–H groups in total. The molecule has 1 amide bonds. The number of hydrogen-bond donors (Lipinski definition) is 1. The van der Waals surface area contributed by atoms with Crippen LogP contribution in [-0.4, -0.2) is 36.7 Å². The van der Waals surface area contributed by atoms with Crippen molar-refractivity contribution in [1.29, 1.82) is 0 Å². The topological polar surface area (TPSA) is 67.9 Å². The zero-order valence-corrected chi connectivity index (χ0v) is 19.7. The first kappa shape index (κ1) is 24.4. The van der Waals surface area contributed by atoms with Gasteiger partial charge in [0.05, 0.1) is 12.5 Å². The van der Waals surface area contributed by atoms with E-state index in [0.717, 1.165) is 11.1 Å². The second-order valence-electron chi connectivity index (χ2n) is 8.57. The van der Waals surface area contributed by atoms with Crippen molar-refractivity contribution < 1.29 is 23.5 Å². The minimum absolute atomic E-state index is 0.119. The van der Waals surface area contributed by atoms with E-state index in [9.17, 15) is 9.59 Å². The van der Waals surface area contributed by atoms with Crippen molar-refractivity contribution in [3.05, 3.63) is 101 Å². The average molecular weight is 477 g/mol. The lowest BCUT2D eigenvalue weighted by Gasteiger charge is -2.19. The summed E-state index contributed by atoms with van der Waals surface area (Å²) in [6, 6.07) is 23.8. The average Bonchev–Trinajstić information content (AvgIpc) is 3.28. The van der Waals surface area contributed by atoms with E-state index in [1.54, 1.807) is 19.1 Å². The summed E-state index contributed by atoms with van der Waals surface area (Å²) in [6.45, 7) is 3.85. The van der Waals surface area contributed by atoms with Gasteiger partial charge in [0.1, 0.15) is 12.4 Å². The van der Waals surface area contributed by atoms with Crippen LogP contribution in [0.15, 0.2) is 78.9 Å². The Balaban J connectivity index is 1.44. The lowest BCUT2D eigenvalue weighted by Crippen LogP contribution is -2.25. The maximum absolute atomic E-state index is 15.2. The predicted molar refractivity (Wildman–Crippen MR) is 131 cm³/mol. The third-order valence-electron chi connectivity index (χ3n) is 6.09. The number of esters is 1. The molecular formula is C28H29FN2O4. The highest BCUT2D eigenvalue weighted by Gasteiger charge is 2.40. The van der Waals surface area contributed by atoms with Crippen molar-refractivity contribution in [3.8, 4) is 0 Å². The van der Waals surface area contributed by atoms with E-state index in [1.807, 2.05) is 60.7 Å². The minimum Gasteiger partial charge on any atom is -0.466 e. The first-order valence-corrected chi connectivity index (χ1v) is 11.7. The number of anilines is 1. The van der Waals surface area contributed by atoms with Crippen molar-refractivity contribution in [2.75, 3.05) is 25.0 Å². The molecule has 0 unspecified atom stereocenters. The molecule has 0 saturated carbocycles. The second kappa shape index (κ2) is 11.6. The summed E-state index contributed by atoms with van der Waals surface area (Å²) in [5, 5.41) is 2.56. The number of hydrogen-bond acceptors (Lipinski definition) is 5. The molecule has 35 heavy (non-hydrogen) atoms. The van der Waals surface area contributed by atoms with Gasteiger partial charge in [-0.15, -0.1) is 0 Å². The molecule has 3 aromatic carbocycles. The van der Waals surface area contributed by atoms with E-state index in [2.05, 4.69) is 10.2 Å². The van der Waals surface area contributed by atoms with Gasteiger partial charge in [0.2, 0.25) is 0 Å². The molecule has 0 bridgehead atoms. The van der Waals surface area contributed by atoms with Crippen LogP contribution in [0.25, 0.3) is 0 Å². The van der Waals surface area contributed by atoms with Crippen LogP contribution in [0.3, 0.4) is 0 Å². The number of nitrogens with zero attached hydrogens (tertiary/aromatic N) is 1. The maximum Gasteiger partial charge on any atom is 0.411 e. The fraction of sp³-hybridized carbons (Fsp3) is 0.286. The zero-order valence-electron chi connectivity index (χ0n) is 19.7. The molecule has 1 saturated heterocycles. The Kier molecular flexibility index (Phi) is 8.11. The molecule has 7 heteroatoms. The van der Waals surface area contributed by atoms with Gasteiger partial charge in [-0.25, -0.2) is 9.18 Å². The van der Waals surface area contributed by atoms with Gasteiger partial charge in [-0.2, -0.15) is 0 Å². The SMILES string of the molecule is CCOC(=O)[C@@H]1CN(Cc2ccccc2)C[C@H]1c1ccc(NC(=O)OCc2ccccc2)cc1F. The van der Waals surface area contributed by atoms with Crippen molar-refractivity contribution in [1.82, 2.24) is 4.90 Å². The van der Waals surface area contributed by atoms with Gasteiger partial charge in [-0.1, -0.05) is 66.7 Å². The number of ether oxygens (including phenoxy) is 2.